The molecule has 2 nitrogen and oxygen atoms in total. The van der Waals surface area contributed by atoms with Gasteiger partial charge in [-0.1, -0.05) is 11.8 Å². The van der Waals surface area contributed by atoms with Crippen molar-refractivity contribution in [1.29, 1.82) is 0 Å². The third kappa shape index (κ3) is 2.53. The molecule has 0 bridgehead atoms. The summed E-state index contributed by atoms with van der Waals surface area (Å²) in [4.78, 5) is 8.41. The van der Waals surface area contributed by atoms with Crippen molar-refractivity contribution in [3.8, 4) is 0 Å². The molecule has 0 saturated heterocycles. The second-order valence-electron chi connectivity index (χ2n) is 4.24. The van der Waals surface area contributed by atoms with Crippen LogP contribution in [0.3, 0.4) is 0 Å². The van der Waals surface area contributed by atoms with E-state index in [9.17, 15) is 8.78 Å². The Bertz CT molecular complexity index is 758. The second kappa shape index (κ2) is 5.46. The summed E-state index contributed by atoms with van der Waals surface area (Å²) in [6, 6.07) is 5.43. The summed E-state index contributed by atoms with van der Waals surface area (Å²) in [6.07, 6.45) is 1.49. The third-order valence-corrected chi connectivity index (χ3v) is 5.07. The number of hydrogen-bond donors (Lipinski definition) is 0. The molecule has 0 radical (unpaired) electrons. The Balaban J connectivity index is 1.94. The van der Waals surface area contributed by atoms with Gasteiger partial charge in [0.25, 0.3) is 0 Å². The van der Waals surface area contributed by atoms with Crippen LogP contribution in [-0.2, 0) is 0 Å². The van der Waals surface area contributed by atoms with Crippen LogP contribution in [0, 0.1) is 11.6 Å². The molecule has 0 aliphatic heterocycles. The quantitative estimate of drug-likeness (QED) is 0.512. The van der Waals surface area contributed by atoms with Crippen LogP contribution >= 0.6 is 23.1 Å². The molecular weight excluding hydrogens is 298 g/mol. The van der Waals surface area contributed by atoms with E-state index in [1.54, 1.807) is 11.3 Å². The van der Waals surface area contributed by atoms with E-state index >= 15 is 0 Å². The smallest absolute Gasteiger partial charge is 0.127 e. The molecule has 0 N–H and O–H groups in total. The van der Waals surface area contributed by atoms with Crippen molar-refractivity contribution >= 4 is 33.3 Å². The van der Waals surface area contributed by atoms with Crippen molar-refractivity contribution in [1.82, 2.24) is 9.97 Å². The molecule has 0 amide bonds. The Kier molecular flexibility index (Phi) is 3.67. The molecule has 6 heteroatoms. The Labute approximate surface area is 122 Å². The largest absolute Gasteiger partial charge is 0.235 e. The zero-order valence-corrected chi connectivity index (χ0v) is 12.1. The number of hydrogen-bond acceptors (Lipinski definition) is 4. The Morgan fingerprint density at radius 1 is 1.20 bits per heavy atom. The maximum atomic E-state index is 13.8. The van der Waals surface area contributed by atoms with Gasteiger partial charge >= 0.3 is 0 Å². The lowest BCUT2D eigenvalue weighted by Crippen LogP contribution is -1.96. The molecule has 3 aromatic rings. The van der Waals surface area contributed by atoms with E-state index in [2.05, 4.69) is 9.97 Å². The van der Waals surface area contributed by atoms with Crippen LogP contribution in [0.15, 0.2) is 41.0 Å². The molecule has 0 aliphatic rings. The average molecular weight is 308 g/mol. The van der Waals surface area contributed by atoms with Crippen molar-refractivity contribution in [3.63, 3.8) is 0 Å². The molecule has 3 rings (SSSR count). The number of rotatable bonds is 3. The summed E-state index contributed by atoms with van der Waals surface area (Å²) >= 11 is 2.95. The van der Waals surface area contributed by atoms with Gasteiger partial charge in [-0.05, 0) is 36.6 Å². The van der Waals surface area contributed by atoms with Crippen LogP contribution in [0.2, 0.25) is 0 Å². The predicted octanol–water partition coefficient (Wildman–Crippen LogP) is 4.82. The van der Waals surface area contributed by atoms with E-state index in [1.807, 2.05) is 18.4 Å². The van der Waals surface area contributed by atoms with Crippen molar-refractivity contribution in [2.75, 3.05) is 0 Å². The fourth-order valence-corrected chi connectivity index (χ4v) is 3.89. The van der Waals surface area contributed by atoms with Crippen molar-refractivity contribution in [2.45, 2.75) is 17.2 Å². The van der Waals surface area contributed by atoms with E-state index in [1.165, 1.54) is 24.2 Å². The molecule has 1 aromatic carbocycles. The highest BCUT2D eigenvalue weighted by Crippen LogP contribution is 2.39. The minimum absolute atomic E-state index is 0.231. The van der Waals surface area contributed by atoms with E-state index in [0.717, 1.165) is 27.4 Å². The minimum atomic E-state index is -0.433. The fraction of sp³-hybridized carbons (Fsp3) is 0.143. The van der Waals surface area contributed by atoms with Gasteiger partial charge in [0, 0.05) is 10.8 Å². The lowest BCUT2D eigenvalue weighted by atomic mass is 10.1. The van der Waals surface area contributed by atoms with Gasteiger partial charge in [0.1, 0.15) is 23.0 Å². The van der Waals surface area contributed by atoms with E-state index in [0.29, 0.717) is 5.56 Å². The monoisotopic (exact) mass is 308 g/mol. The second-order valence-corrected chi connectivity index (χ2v) is 6.49. The van der Waals surface area contributed by atoms with E-state index < -0.39 is 11.6 Å². The van der Waals surface area contributed by atoms with Crippen LogP contribution in [-0.4, -0.2) is 9.97 Å². The number of halogens is 2. The number of thiophene rings is 1. The lowest BCUT2D eigenvalue weighted by Gasteiger charge is -2.12. The Hall–Kier alpha value is -1.53. The van der Waals surface area contributed by atoms with Gasteiger partial charge < -0.3 is 0 Å². The normalized spacial score (nSPS) is 12.8. The molecule has 20 heavy (non-hydrogen) atoms. The van der Waals surface area contributed by atoms with Crippen molar-refractivity contribution < 1.29 is 8.78 Å². The summed E-state index contributed by atoms with van der Waals surface area (Å²) < 4.78 is 28.0. The number of benzene rings is 1. The molecule has 0 saturated carbocycles. The van der Waals surface area contributed by atoms with E-state index in [-0.39, 0.29) is 5.25 Å². The van der Waals surface area contributed by atoms with Gasteiger partial charge in [0.15, 0.2) is 0 Å². The van der Waals surface area contributed by atoms with Crippen LogP contribution in [0.25, 0.3) is 10.2 Å². The van der Waals surface area contributed by atoms with Crippen LogP contribution < -0.4 is 0 Å². The average Bonchev–Trinajstić information content (AvgIpc) is 2.91. The molecule has 0 unspecified atom stereocenters. The lowest BCUT2D eigenvalue weighted by molar-refractivity contribution is 0.586. The highest BCUT2D eigenvalue weighted by Gasteiger charge is 2.16. The zero-order chi connectivity index (χ0) is 14.1. The Morgan fingerprint density at radius 3 is 2.90 bits per heavy atom. The fourth-order valence-electron chi connectivity index (χ4n) is 1.91. The van der Waals surface area contributed by atoms with Gasteiger partial charge in [0.2, 0.25) is 0 Å². The van der Waals surface area contributed by atoms with Crippen molar-refractivity contribution in [2.24, 2.45) is 0 Å². The molecular formula is C14H10F2N2S2. The third-order valence-electron chi connectivity index (χ3n) is 2.89. The number of thioether (sulfide) groups is 1. The van der Waals surface area contributed by atoms with Gasteiger partial charge in [-0.2, -0.15) is 0 Å². The molecule has 0 fully saturated rings. The van der Waals surface area contributed by atoms with Gasteiger partial charge in [-0.25, -0.2) is 18.7 Å². The van der Waals surface area contributed by atoms with Gasteiger partial charge in [-0.3, -0.25) is 0 Å². The van der Waals surface area contributed by atoms with Crippen LogP contribution in [0.4, 0.5) is 8.78 Å². The number of nitrogens with zero attached hydrogens (tertiary/aromatic N) is 2. The summed E-state index contributed by atoms with van der Waals surface area (Å²) in [5.74, 6) is -0.833. The highest BCUT2D eigenvalue weighted by atomic mass is 32.2. The summed E-state index contributed by atoms with van der Waals surface area (Å²) in [5.41, 5.74) is 1.22. The first-order valence-electron chi connectivity index (χ1n) is 5.95. The molecule has 2 heterocycles. The molecule has 2 aromatic heterocycles. The van der Waals surface area contributed by atoms with Crippen LogP contribution in [0.1, 0.15) is 17.7 Å². The predicted molar refractivity (Wildman–Crippen MR) is 78.0 cm³/mol. The van der Waals surface area contributed by atoms with Crippen molar-refractivity contribution in [3.05, 3.63) is 53.2 Å². The minimum Gasteiger partial charge on any atom is -0.235 e. The highest BCUT2D eigenvalue weighted by molar-refractivity contribution is 7.99. The van der Waals surface area contributed by atoms with E-state index in [4.69, 9.17) is 0 Å². The Morgan fingerprint density at radius 2 is 2.05 bits per heavy atom. The molecule has 1 atom stereocenters. The summed E-state index contributed by atoms with van der Waals surface area (Å²) in [6.45, 7) is 1.84. The van der Waals surface area contributed by atoms with Gasteiger partial charge in [-0.15, -0.1) is 11.3 Å². The maximum absolute atomic E-state index is 13.8. The number of fused-ring (bicyclic) bond motifs is 1. The summed E-state index contributed by atoms with van der Waals surface area (Å²) in [5, 5.41) is 2.50. The maximum Gasteiger partial charge on any atom is 0.127 e. The molecule has 102 valence electrons. The summed E-state index contributed by atoms with van der Waals surface area (Å²) in [7, 11) is 0. The van der Waals surface area contributed by atoms with Gasteiger partial charge in [0.05, 0.1) is 10.2 Å². The SMILES string of the molecule is C[C@@H](Sc1ncnc2ccsc12)c1cc(F)ccc1F. The molecule has 0 spiro atoms. The number of aromatic nitrogens is 2. The first-order chi connectivity index (χ1) is 9.65. The first kappa shape index (κ1) is 13.5. The standard InChI is InChI=1S/C14H10F2N2S2/c1-8(10-6-9(15)2-3-11(10)16)20-14-13-12(4-5-19-13)17-7-18-14/h2-8H,1H3/t8-/m1/s1. The zero-order valence-electron chi connectivity index (χ0n) is 10.5. The topological polar surface area (TPSA) is 25.8 Å². The first-order valence-corrected chi connectivity index (χ1v) is 7.71. The van der Waals surface area contributed by atoms with Crippen LogP contribution in [0.5, 0.6) is 0 Å². The molecule has 0 aliphatic carbocycles.